The molecular formula is C50H30N4OS. The van der Waals surface area contributed by atoms with E-state index in [1.54, 1.807) is 11.3 Å². The molecule has 262 valence electrons. The zero-order valence-electron chi connectivity index (χ0n) is 29.9. The van der Waals surface area contributed by atoms with E-state index in [0.29, 0.717) is 17.4 Å². The van der Waals surface area contributed by atoms with Gasteiger partial charge in [0, 0.05) is 43.1 Å². The molecule has 11 rings (SSSR count). The summed E-state index contributed by atoms with van der Waals surface area (Å²) in [7, 11) is 0. The van der Waals surface area contributed by atoms with Crippen molar-refractivity contribution in [2.45, 2.75) is 0 Å². The highest BCUT2D eigenvalue weighted by molar-refractivity contribution is 7.25. The Balaban J connectivity index is 0.982. The van der Waals surface area contributed by atoms with Gasteiger partial charge >= 0.3 is 0 Å². The Labute approximate surface area is 326 Å². The Morgan fingerprint density at radius 1 is 0.357 bits per heavy atom. The van der Waals surface area contributed by atoms with Gasteiger partial charge in [0.2, 0.25) is 5.71 Å². The highest BCUT2D eigenvalue weighted by atomic mass is 32.1. The molecule has 4 aromatic heterocycles. The third-order valence-electron chi connectivity index (χ3n) is 10.3. The van der Waals surface area contributed by atoms with Crippen LogP contribution in [0.15, 0.2) is 186 Å². The predicted octanol–water partition coefficient (Wildman–Crippen LogP) is 13.5. The molecule has 0 saturated heterocycles. The number of aromatic nitrogens is 4. The molecule has 6 heteroatoms. The Morgan fingerprint density at radius 2 is 0.821 bits per heavy atom. The van der Waals surface area contributed by atoms with Crippen molar-refractivity contribution in [3.05, 3.63) is 182 Å². The first-order valence-electron chi connectivity index (χ1n) is 18.5. The molecule has 4 heterocycles. The fourth-order valence-electron chi connectivity index (χ4n) is 7.67. The first kappa shape index (κ1) is 32.2. The highest BCUT2D eigenvalue weighted by Crippen LogP contribution is 2.41. The average molecular weight is 735 g/mol. The van der Waals surface area contributed by atoms with Gasteiger partial charge in [-0.05, 0) is 52.6 Å². The van der Waals surface area contributed by atoms with Crippen molar-refractivity contribution in [3.63, 3.8) is 0 Å². The molecule has 0 bridgehead atoms. The van der Waals surface area contributed by atoms with Crippen LogP contribution in [0, 0.1) is 0 Å². The van der Waals surface area contributed by atoms with Crippen molar-refractivity contribution in [3.8, 4) is 67.5 Å². The molecule has 0 fully saturated rings. The van der Waals surface area contributed by atoms with Crippen molar-refractivity contribution in [2.24, 2.45) is 0 Å². The maximum absolute atomic E-state index is 6.30. The first-order valence-corrected chi connectivity index (χ1v) is 19.4. The van der Waals surface area contributed by atoms with Crippen LogP contribution in [0.3, 0.4) is 0 Å². The zero-order valence-corrected chi connectivity index (χ0v) is 30.7. The van der Waals surface area contributed by atoms with Crippen molar-refractivity contribution >= 4 is 53.7 Å². The van der Waals surface area contributed by atoms with Crippen LogP contribution in [0.25, 0.3) is 110 Å². The molecule has 0 radical (unpaired) electrons. The van der Waals surface area contributed by atoms with Gasteiger partial charge in [0.15, 0.2) is 11.6 Å². The number of furan rings is 1. The van der Waals surface area contributed by atoms with Crippen LogP contribution < -0.4 is 0 Å². The molecule has 0 aliphatic carbocycles. The van der Waals surface area contributed by atoms with Crippen LogP contribution in [-0.4, -0.2) is 19.9 Å². The fraction of sp³-hybridized carbons (Fsp3) is 0. The smallest absolute Gasteiger partial charge is 0.231 e. The van der Waals surface area contributed by atoms with Gasteiger partial charge in [-0.15, -0.1) is 11.3 Å². The maximum Gasteiger partial charge on any atom is 0.231 e. The van der Waals surface area contributed by atoms with Crippen LogP contribution in [0.5, 0.6) is 0 Å². The maximum atomic E-state index is 6.30. The van der Waals surface area contributed by atoms with Gasteiger partial charge in [-0.25, -0.2) is 15.0 Å². The first-order chi connectivity index (χ1) is 27.7. The third kappa shape index (κ3) is 5.54. The fourth-order valence-corrected chi connectivity index (χ4v) is 8.74. The lowest BCUT2D eigenvalue weighted by molar-refractivity contribution is 0.653. The van der Waals surface area contributed by atoms with Crippen molar-refractivity contribution in [1.82, 2.24) is 19.9 Å². The second kappa shape index (κ2) is 13.2. The highest BCUT2D eigenvalue weighted by Gasteiger charge is 2.19. The normalized spacial score (nSPS) is 11.6. The topological polar surface area (TPSA) is 64.7 Å². The molecule has 0 unspecified atom stereocenters. The molecule has 7 aromatic carbocycles. The average Bonchev–Trinajstić information content (AvgIpc) is 3.85. The molecular weight excluding hydrogens is 705 g/mol. The van der Waals surface area contributed by atoms with E-state index in [4.69, 9.17) is 24.4 Å². The quantitative estimate of drug-likeness (QED) is 0.170. The van der Waals surface area contributed by atoms with E-state index >= 15 is 0 Å². The second-order valence-corrected chi connectivity index (χ2v) is 14.9. The van der Waals surface area contributed by atoms with Gasteiger partial charge in [-0.1, -0.05) is 152 Å². The molecule has 5 nitrogen and oxygen atoms in total. The third-order valence-corrected chi connectivity index (χ3v) is 11.4. The van der Waals surface area contributed by atoms with E-state index in [2.05, 4.69) is 140 Å². The van der Waals surface area contributed by atoms with E-state index in [0.717, 1.165) is 82.5 Å². The van der Waals surface area contributed by atoms with E-state index in [-0.39, 0.29) is 0 Å². The Kier molecular flexibility index (Phi) is 7.60. The molecule has 0 N–H and O–H groups in total. The Morgan fingerprint density at radius 3 is 1.45 bits per heavy atom. The summed E-state index contributed by atoms with van der Waals surface area (Å²) in [6.45, 7) is 0. The summed E-state index contributed by atoms with van der Waals surface area (Å²) in [6, 6.07) is 62.8. The summed E-state index contributed by atoms with van der Waals surface area (Å²) >= 11 is 1.71. The molecule has 0 saturated carbocycles. The summed E-state index contributed by atoms with van der Waals surface area (Å²) < 4.78 is 7.51. The molecule has 56 heavy (non-hydrogen) atoms. The monoisotopic (exact) mass is 734 g/mol. The summed E-state index contributed by atoms with van der Waals surface area (Å²) in [5.41, 5.74) is 11.5. The largest absolute Gasteiger partial charge is 0.438 e. The van der Waals surface area contributed by atoms with Crippen LogP contribution >= 0.6 is 11.3 Å². The summed E-state index contributed by atoms with van der Waals surface area (Å²) in [6.07, 6.45) is 0. The van der Waals surface area contributed by atoms with Crippen molar-refractivity contribution in [1.29, 1.82) is 0 Å². The van der Waals surface area contributed by atoms with Crippen molar-refractivity contribution in [2.75, 3.05) is 0 Å². The SMILES string of the molecule is c1ccc(-c2nc(-c3cccc(-c4cccc(-c5cccc(-c6nc(-c7ccccc7)c7c(n6)sc6ccccc67)c5)c4)c3)nc3oc4ccccc4c23)cc1. The van der Waals surface area contributed by atoms with E-state index < -0.39 is 0 Å². The Bertz CT molecular complexity index is 3040. The number of rotatable bonds is 6. The second-order valence-electron chi connectivity index (χ2n) is 13.8. The van der Waals surface area contributed by atoms with Gasteiger partial charge in [-0.3, -0.25) is 0 Å². The number of nitrogens with zero attached hydrogens (tertiary/aromatic N) is 4. The summed E-state index contributed by atoms with van der Waals surface area (Å²) in [5, 5.41) is 4.22. The predicted molar refractivity (Wildman–Crippen MR) is 230 cm³/mol. The number of benzene rings is 7. The van der Waals surface area contributed by atoms with Gasteiger partial charge in [0.25, 0.3) is 0 Å². The molecule has 0 aliphatic rings. The van der Waals surface area contributed by atoms with E-state index in [1.807, 2.05) is 42.5 Å². The summed E-state index contributed by atoms with van der Waals surface area (Å²) in [4.78, 5) is 21.5. The number of hydrogen-bond donors (Lipinski definition) is 0. The van der Waals surface area contributed by atoms with Crippen LogP contribution in [0.1, 0.15) is 0 Å². The number of thiophene rings is 1. The van der Waals surface area contributed by atoms with E-state index in [1.165, 1.54) is 10.1 Å². The summed E-state index contributed by atoms with van der Waals surface area (Å²) in [5.74, 6) is 1.33. The molecule has 11 aromatic rings. The lowest BCUT2D eigenvalue weighted by Gasteiger charge is -2.11. The minimum Gasteiger partial charge on any atom is -0.438 e. The standard InChI is InChI=1S/C50H30N4OS/c1-3-14-31(15-4-1)45-43-39-24-7-9-26-41(39)55-49(43)53-47(51-45)37-22-12-20-35(29-37)33-18-11-19-34(28-33)36-21-13-23-38(30-36)48-52-46(32-16-5-2-6-17-32)44-40-25-8-10-27-42(40)56-50(44)54-48/h1-30H. The van der Waals surface area contributed by atoms with Crippen LogP contribution in [0.4, 0.5) is 0 Å². The molecule has 0 aliphatic heterocycles. The number of hydrogen-bond acceptors (Lipinski definition) is 6. The molecule has 0 atom stereocenters. The minimum atomic E-state index is 0.578. The number of para-hydroxylation sites is 1. The van der Waals surface area contributed by atoms with Gasteiger partial charge in [-0.2, -0.15) is 4.98 Å². The van der Waals surface area contributed by atoms with E-state index in [9.17, 15) is 0 Å². The lowest BCUT2D eigenvalue weighted by atomic mass is 9.96. The van der Waals surface area contributed by atoms with Crippen LogP contribution in [0.2, 0.25) is 0 Å². The minimum absolute atomic E-state index is 0.578. The van der Waals surface area contributed by atoms with Gasteiger partial charge in [0.05, 0.1) is 16.8 Å². The molecule has 0 spiro atoms. The molecule has 0 amide bonds. The van der Waals surface area contributed by atoms with Crippen molar-refractivity contribution < 1.29 is 4.42 Å². The van der Waals surface area contributed by atoms with Crippen LogP contribution in [-0.2, 0) is 0 Å². The zero-order chi connectivity index (χ0) is 37.0. The Hall–Kier alpha value is -7.28. The van der Waals surface area contributed by atoms with Gasteiger partial charge < -0.3 is 4.42 Å². The van der Waals surface area contributed by atoms with Gasteiger partial charge in [0.1, 0.15) is 10.4 Å². The lowest BCUT2D eigenvalue weighted by Crippen LogP contribution is -1.94. The number of fused-ring (bicyclic) bond motifs is 6.